The van der Waals surface area contributed by atoms with E-state index in [0.29, 0.717) is 19.7 Å². The van der Waals surface area contributed by atoms with Crippen LogP contribution in [-0.4, -0.2) is 24.1 Å². The van der Waals surface area contributed by atoms with Crippen LogP contribution in [0.15, 0.2) is 48.5 Å². The Morgan fingerprint density at radius 3 is 2.81 bits per heavy atom. The summed E-state index contributed by atoms with van der Waals surface area (Å²) in [5, 5.41) is 2.92. The number of anilines is 1. The van der Waals surface area contributed by atoms with Gasteiger partial charge < -0.3 is 15.0 Å². The Morgan fingerprint density at radius 2 is 2.00 bits per heavy atom. The minimum Gasteiger partial charge on any atom is -0.492 e. The number of rotatable bonds is 4. The van der Waals surface area contributed by atoms with Gasteiger partial charge >= 0.3 is 6.03 Å². The first-order valence-corrected chi connectivity index (χ1v) is 7.06. The molecule has 2 aromatic rings. The molecule has 1 N–H and O–H groups in total. The smallest absolute Gasteiger partial charge is 0.322 e. The summed E-state index contributed by atoms with van der Waals surface area (Å²) in [6.45, 7) is 3.73. The average molecular weight is 282 g/mol. The molecule has 0 radical (unpaired) electrons. The van der Waals surface area contributed by atoms with Gasteiger partial charge in [0.15, 0.2) is 0 Å². The predicted molar refractivity (Wildman–Crippen MR) is 82.5 cm³/mol. The largest absolute Gasteiger partial charge is 0.492 e. The molecule has 0 bridgehead atoms. The second-order valence-corrected chi connectivity index (χ2v) is 5.17. The van der Waals surface area contributed by atoms with Crippen molar-refractivity contribution in [2.24, 2.45) is 0 Å². The van der Waals surface area contributed by atoms with E-state index in [0.717, 1.165) is 17.0 Å². The van der Waals surface area contributed by atoms with Crippen molar-refractivity contribution in [1.82, 2.24) is 4.90 Å². The van der Waals surface area contributed by atoms with Gasteiger partial charge in [0.25, 0.3) is 0 Å². The lowest BCUT2D eigenvalue weighted by atomic mass is 10.1. The summed E-state index contributed by atoms with van der Waals surface area (Å²) in [7, 11) is 0. The van der Waals surface area contributed by atoms with Crippen LogP contribution in [0.2, 0.25) is 0 Å². The van der Waals surface area contributed by atoms with Gasteiger partial charge in [0.1, 0.15) is 12.4 Å². The van der Waals surface area contributed by atoms with Crippen LogP contribution in [0.25, 0.3) is 0 Å². The quantitative estimate of drug-likeness (QED) is 0.933. The van der Waals surface area contributed by atoms with Gasteiger partial charge in [0.2, 0.25) is 0 Å². The van der Waals surface area contributed by atoms with E-state index in [1.54, 1.807) is 4.90 Å². The highest BCUT2D eigenvalue weighted by atomic mass is 16.5. The van der Waals surface area contributed by atoms with E-state index in [1.807, 2.05) is 42.5 Å². The van der Waals surface area contributed by atoms with Crippen LogP contribution in [0.3, 0.4) is 0 Å². The minimum absolute atomic E-state index is 0.0667. The van der Waals surface area contributed by atoms with E-state index in [2.05, 4.69) is 18.3 Å². The number of ether oxygens (including phenoxy) is 1. The monoisotopic (exact) mass is 282 g/mol. The molecule has 1 heterocycles. The Labute approximate surface area is 124 Å². The maximum absolute atomic E-state index is 12.0. The molecule has 0 saturated heterocycles. The summed E-state index contributed by atoms with van der Waals surface area (Å²) in [6, 6.07) is 15.6. The molecule has 0 saturated carbocycles. The van der Waals surface area contributed by atoms with Crippen LogP contribution in [-0.2, 0) is 6.54 Å². The van der Waals surface area contributed by atoms with Crippen LogP contribution >= 0.6 is 0 Å². The van der Waals surface area contributed by atoms with Gasteiger partial charge in [-0.15, -0.1) is 0 Å². The topological polar surface area (TPSA) is 41.6 Å². The highest BCUT2D eigenvalue weighted by molar-refractivity contribution is 5.92. The molecule has 0 aliphatic carbocycles. The second-order valence-electron chi connectivity index (χ2n) is 5.17. The Hall–Kier alpha value is -2.49. The maximum atomic E-state index is 12.0. The number of para-hydroxylation sites is 1. The summed E-state index contributed by atoms with van der Waals surface area (Å²) in [5.74, 6) is 0.825. The summed E-state index contributed by atoms with van der Waals surface area (Å²) < 4.78 is 5.65. The molecule has 0 spiro atoms. The van der Waals surface area contributed by atoms with Crippen LogP contribution in [0, 0.1) is 6.92 Å². The van der Waals surface area contributed by atoms with Crippen LogP contribution in [0.4, 0.5) is 10.5 Å². The molecular formula is C17H18N2O2. The summed E-state index contributed by atoms with van der Waals surface area (Å²) in [4.78, 5) is 13.8. The zero-order valence-corrected chi connectivity index (χ0v) is 12.0. The van der Waals surface area contributed by atoms with Crippen molar-refractivity contribution in [2.75, 3.05) is 18.5 Å². The van der Waals surface area contributed by atoms with Crippen LogP contribution in [0.1, 0.15) is 11.1 Å². The standard InChI is InChI=1S/C17H18N2O2/c1-13-7-8-16-14(11-13)12-19(17(20)18-16)9-10-21-15-5-3-2-4-6-15/h2-8,11H,9-10,12H2,1H3,(H,18,20). The summed E-state index contributed by atoms with van der Waals surface area (Å²) in [5.41, 5.74) is 3.26. The third-order valence-corrected chi connectivity index (χ3v) is 3.52. The van der Waals surface area contributed by atoms with Crippen molar-refractivity contribution < 1.29 is 9.53 Å². The number of nitrogens with one attached hydrogen (secondary N) is 1. The average Bonchev–Trinajstić information content (AvgIpc) is 2.49. The molecule has 0 atom stereocenters. The van der Waals surface area contributed by atoms with E-state index in [9.17, 15) is 4.79 Å². The summed E-state index contributed by atoms with van der Waals surface area (Å²) in [6.07, 6.45) is 0. The molecule has 2 amide bonds. The molecule has 1 aliphatic heterocycles. The second kappa shape index (κ2) is 5.87. The van der Waals surface area contributed by atoms with Crippen molar-refractivity contribution in [3.63, 3.8) is 0 Å². The highest BCUT2D eigenvalue weighted by Gasteiger charge is 2.22. The number of hydrogen-bond donors (Lipinski definition) is 1. The zero-order chi connectivity index (χ0) is 14.7. The van der Waals surface area contributed by atoms with Crippen molar-refractivity contribution in [3.8, 4) is 5.75 Å². The van der Waals surface area contributed by atoms with Gasteiger partial charge in [0, 0.05) is 12.2 Å². The zero-order valence-electron chi connectivity index (χ0n) is 12.0. The number of carbonyl (C=O) groups is 1. The molecule has 4 heteroatoms. The molecule has 3 rings (SSSR count). The Balaban J connectivity index is 1.60. The first-order chi connectivity index (χ1) is 10.2. The van der Waals surface area contributed by atoms with Gasteiger partial charge in [-0.2, -0.15) is 0 Å². The SMILES string of the molecule is Cc1ccc2c(c1)CN(CCOc1ccccc1)C(=O)N2. The molecule has 0 unspecified atom stereocenters. The number of amides is 2. The fourth-order valence-corrected chi connectivity index (χ4v) is 2.42. The van der Waals surface area contributed by atoms with E-state index < -0.39 is 0 Å². The molecule has 0 fully saturated rings. The van der Waals surface area contributed by atoms with Crippen molar-refractivity contribution >= 4 is 11.7 Å². The Morgan fingerprint density at radius 1 is 1.19 bits per heavy atom. The number of aryl methyl sites for hydroxylation is 1. The Kier molecular flexibility index (Phi) is 3.77. The first kappa shape index (κ1) is 13.5. The molecular weight excluding hydrogens is 264 g/mol. The molecule has 0 aromatic heterocycles. The molecule has 108 valence electrons. The number of fused-ring (bicyclic) bond motifs is 1. The minimum atomic E-state index is -0.0667. The van der Waals surface area contributed by atoms with E-state index in [4.69, 9.17) is 4.74 Å². The van der Waals surface area contributed by atoms with E-state index >= 15 is 0 Å². The van der Waals surface area contributed by atoms with Gasteiger partial charge in [-0.05, 0) is 30.7 Å². The van der Waals surface area contributed by atoms with E-state index in [1.165, 1.54) is 5.56 Å². The number of urea groups is 1. The van der Waals surface area contributed by atoms with Crippen molar-refractivity contribution in [3.05, 3.63) is 59.7 Å². The fourth-order valence-electron chi connectivity index (χ4n) is 2.42. The first-order valence-electron chi connectivity index (χ1n) is 7.06. The summed E-state index contributed by atoms with van der Waals surface area (Å²) >= 11 is 0. The number of carbonyl (C=O) groups excluding carboxylic acids is 1. The number of hydrogen-bond acceptors (Lipinski definition) is 2. The molecule has 1 aliphatic rings. The van der Waals surface area contributed by atoms with Crippen molar-refractivity contribution in [2.45, 2.75) is 13.5 Å². The molecule has 21 heavy (non-hydrogen) atoms. The third-order valence-electron chi connectivity index (χ3n) is 3.52. The Bertz CT molecular complexity index is 640. The van der Waals surface area contributed by atoms with Crippen LogP contribution < -0.4 is 10.1 Å². The maximum Gasteiger partial charge on any atom is 0.322 e. The normalized spacial score (nSPS) is 13.6. The van der Waals surface area contributed by atoms with Gasteiger partial charge in [0.05, 0.1) is 6.54 Å². The van der Waals surface area contributed by atoms with Gasteiger partial charge in [-0.25, -0.2) is 4.79 Å². The third kappa shape index (κ3) is 3.16. The van der Waals surface area contributed by atoms with Crippen LogP contribution in [0.5, 0.6) is 5.75 Å². The van der Waals surface area contributed by atoms with Gasteiger partial charge in [-0.3, -0.25) is 0 Å². The molecule has 2 aromatic carbocycles. The predicted octanol–water partition coefficient (Wildman–Crippen LogP) is 3.42. The number of nitrogens with zero attached hydrogens (tertiary/aromatic N) is 1. The van der Waals surface area contributed by atoms with Crippen molar-refractivity contribution in [1.29, 1.82) is 0 Å². The van der Waals surface area contributed by atoms with E-state index in [-0.39, 0.29) is 6.03 Å². The lowest BCUT2D eigenvalue weighted by Crippen LogP contribution is -2.40. The number of benzene rings is 2. The molecule has 4 nitrogen and oxygen atoms in total. The lowest BCUT2D eigenvalue weighted by Gasteiger charge is -2.29. The highest BCUT2D eigenvalue weighted by Crippen LogP contribution is 2.24. The van der Waals surface area contributed by atoms with Gasteiger partial charge in [-0.1, -0.05) is 35.9 Å². The fraction of sp³-hybridized carbons (Fsp3) is 0.235. The lowest BCUT2D eigenvalue weighted by molar-refractivity contribution is 0.189.